The molecular weight excluding hydrogens is 302 g/mol. The van der Waals surface area contributed by atoms with Crippen molar-refractivity contribution in [1.29, 1.82) is 0 Å². The van der Waals surface area contributed by atoms with Gasteiger partial charge >= 0.3 is 18.3 Å². The summed E-state index contributed by atoms with van der Waals surface area (Å²) in [5, 5.41) is 7.31. The van der Waals surface area contributed by atoms with Gasteiger partial charge in [0.15, 0.2) is 0 Å². The maximum atomic E-state index is 12.6. The lowest BCUT2D eigenvalue weighted by Crippen LogP contribution is -2.15. The molecule has 0 aromatic heterocycles. The molecule has 0 aliphatic carbocycles. The number of rotatable bonds is 2. The number of aliphatic carboxylic acids is 1. The summed E-state index contributed by atoms with van der Waals surface area (Å²) in [4.78, 5) is 10.4. The Balaban J connectivity index is 3.50. The highest BCUT2D eigenvalue weighted by molar-refractivity contribution is 6.31. The van der Waals surface area contributed by atoms with Gasteiger partial charge in [0, 0.05) is 0 Å². The molecule has 106 valence electrons. The van der Waals surface area contributed by atoms with Crippen LogP contribution in [0.3, 0.4) is 0 Å². The first-order valence-corrected chi connectivity index (χ1v) is 4.99. The summed E-state index contributed by atoms with van der Waals surface area (Å²) in [5.74, 6) is -1.68. The summed E-state index contributed by atoms with van der Waals surface area (Å²) in [6.45, 7) is 0. The monoisotopic (exact) mass is 306 g/mol. The minimum atomic E-state index is -4.99. The van der Waals surface area contributed by atoms with E-state index in [0.717, 1.165) is 0 Å². The van der Waals surface area contributed by atoms with Crippen LogP contribution in [-0.4, -0.2) is 11.1 Å². The number of hydrogen-bond donors (Lipinski definition) is 1. The zero-order valence-electron chi connectivity index (χ0n) is 8.86. The van der Waals surface area contributed by atoms with E-state index in [1.54, 1.807) is 0 Å². The highest BCUT2D eigenvalue weighted by Gasteiger charge is 2.39. The van der Waals surface area contributed by atoms with Crippen LogP contribution >= 0.6 is 11.6 Å². The zero-order valence-corrected chi connectivity index (χ0v) is 9.62. The second-order valence-corrected chi connectivity index (χ2v) is 3.96. The van der Waals surface area contributed by atoms with E-state index < -0.39 is 46.5 Å². The van der Waals surface area contributed by atoms with Crippen LogP contribution in [0.1, 0.15) is 16.7 Å². The Morgan fingerprint density at radius 3 is 1.89 bits per heavy atom. The Morgan fingerprint density at radius 2 is 1.53 bits per heavy atom. The summed E-state index contributed by atoms with van der Waals surface area (Å²) in [5.41, 5.74) is -3.98. The normalized spacial score (nSPS) is 12.6. The van der Waals surface area contributed by atoms with Crippen molar-refractivity contribution in [2.45, 2.75) is 18.8 Å². The van der Waals surface area contributed by atoms with Crippen molar-refractivity contribution < 1.29 is 36.2 Å². The second-order valence-electron chi connectivity index (χ2n) is 3.56. The fourth-order valence-corrected chi connectivity index (χ4v) is 1.68. The lowest BCUT2D eigenvalue weighted by molar-refractivity contribution is -0.143. The van der Waals surface area contributed by atoms with Crippen molar-refractivity contribution in [1.82, 2.24) is 0 Å². The van der Waals surface area contributed by atoms with Crippen molar-refractivity contribution in [3.8, 4) is 0 Å². The van der Waals surface area contributed by atoms with Gasteiger partial charge in [-0.25, -0.2) is 0 Å². The quantitative estimate of drug-likeness (QED) is 0.838. The summed E-state index contributed by atoms with van der Waals surface area (Å²) in [6.07, 6.45) is -11.1. The molecule has 1 aromatic carbocycles. The molecule has 1 rings (SSSR count). The van der Waals surface area contributed by atoms with Crippen molar-refractivity contribution >= 4 is 17.6 Å². The Morgan fingerprint density at radius 1 is 1.05 bits per heavy atom. The predicted octanol–water partition coefficient (Wildman–Crippen LogP) is 4.00. The first-order chi connectivity index (χ1) is 8.43. The topological polar surface area (TPSA) is 37.3 Å². The van der Waals surface area contributed by atoms with Gasteiger partial charge in [-0.05, 0) is 17.7 Å². The number of carboxylic acids is 1. The SMILES string of the molecule is O=C(O)Cc1cc(C(F)(F)F)c(Cl)cc1C(F)(F)F. The highest BCUT2D eigenvalue weighted by atomic mass is 35.5. The van der Waals surface area contributed by atoms with Gasteiger partial charge in [-0.1, -0.05) is 11.6 Å². The molecule has 1 aromatic rings. The number of carbonyl (C=O) groups is 1. The summed E-state index contributed by atoms with van der Waals surface area (Å²) in [7, 11) is 0. The van der Waals surface area contributed by atoms with Gasteiger partial charge in [0.2, 0.25) is 0 Å². The van der Waals surface area contributed by atoms with Crippen molar-refractivity contribution in [2.24, 2.45) is 0 Å². The fourth-order valence-electron chi connectivity index (χ4n) is 1.41. The van der Waals surface area contributed by atoms with E-state index >= 15 is 0 Å². The van der Waals surface area contributed by atoms with Gasteiger partial charge in [-0.3, -0.25) is 4.79 Å². The molecule has 0 saturated carbocycles. The van der Waals surface area contributed by atoms with Gasteiger partial charge in [0.25, 0.3) is 0 Å². The van der Waals surface area contributed by atoms with E-state index in [1.807, 2.05) is 0 Å². The molecule has 0 atom stereocenters. The van der Waals surface area contributed by atoms with Crippen LogP contribution in [0.4, 0.5) is 26.3 Å². The molecule has 19 heavy (non-hydrogen) atoms. The smallest absolute Gasteiger partial charge is 0.417 e. The van der Waals surface area contributed by atoms with Crippen LogP contribution in [0.5, 0.6) is 0 Å². The van der Waals surface area contributed by atoms with Gasteiger partial charge in [-0.15, -0.1) is 0 Å². The van der Waals surface area contributed by atoms with E-state index in [4.69, 9.17) is 16.7 Å². The molecule has 0 amide bonds. The molecule has 0 unspecified atom stereocenters. The third-order valence-electron chi connectivity index (χ3n) is 2.15. The summed E-state index contributed by atoms with van der Waals surface area (Å²) >= 11 is 5.16. The van der Waals surface area contributed by atoms with E-state index in [-0.39, 0.29) is 12.1 Å². The first kappa shape index (κ1) is 15.6. The van der Waals surface area contributed by atoms with Gasteiger partial charge in [-0.2, -0.15) is 26.3 Å². The van der Waals surface area contributed by atoms with Crippen LogP contribution < -0.4 is 0 Å². The standard InChI is InChI=1S/C10H5ClF6O2/c11-7-3-5(9(12,13)14)4(2-8(18)19)1-6(7)10(15,16)17/h1,3H,2H2,(H,18,19). The van der Waals surface area contributed by atoms with Gasteiger partial charge in [0.05, 0.1) is 22.6 Å². The average Bonchev–Trinajstić information content (AvgIpc) is 2.16. The van der Waals surface area contributed by atoms with Crippen LogP contribution in [0.2, 0.25) is 5.02 Å². The van der Waals surface area contributed by atoms with Gasteiger partial charge < -0.3 is 5.11 Å². The molecule has 1 N–H and O–H groups in total. The predicted molar refractivity (Wildman–Crippen MR) is 52.8 cm³/mol. The second kappa shape index (κ2) is 4.92. The highest BCUT2D eigenvalue weighted by Crippen LogP contribution is 2.40. The molecule has 0 spiro atoms. The van der Waals surface area contributed by atoms with Crippen molar-refractivity contribution in [2.75, 3.05) is 0 Å². The minimum Gasteiger partial charge on any atom is -0.481 e. The van der Waals surface area contributed by atoms with Crippen LogP contribution in [-0.2, 0) is 23.6 Å². The molecule has 0 heterocycles. The van der Waals surface area contributed by atoms with Crippen LogP contribution in [0, 0.1) is 0 Å². The average molecular weight is 307 g/mol. The molecule has 0 bridgehead atoms. The maximum absolute atomic E-state index is 12.6. The van der Waals surface area contributed by atoms with E-state index in [9.17, 15) is 31.1 Å². The van der Waals surface area contributed by atoms with Crippen LogP contribution in [0.25, 0.3) is 0 Å². The number of halogens is 7. The van der Waals surface area contributed by atoms with Gasteiger partial charge in [0.1, 0.15) is 0 Å². The van der Waals surface area contributed by atoms with E-state index in [1.165, 1.54) is 0 Å². The molecule has 0 saturated heterocycles. The van der Waals surface area contributed by atoms with E-state index in [0.29, 0.717) is 0 Å². The number of benzene rings is 1. The Labute approximate surface area is 107 Å². The minimum absolute atomic E-state index is 0.0860. The third kappa shape index (κ3) is 3.76. The molecule has 9 heteroatoms. The number of alkyl halides is 6. The van der Waals surface area contributed by atoms with Crippen molar-refractivity contribution in [3.05, 3.63) is 33.8 Å². The Kier molecular flexibility index (Phi) is 4.04. The fraction of sp³-hybridized carbons (Fsp3) is 0.300. The summed E-state index contributed by atoms with van der Waals surface area (Å²) < 4.78 is 75.2. The molecule has 0 aliphatic rings. The summed E-state index contributed by atoms with van der Waals surface area (Å²) in [6, 6.07) is 0.196. The third-order valence-corrected chi connectivity index (χ3v) is 2.46. The number of hydrogen-bond acceptors (Lipinski definition) is 1. The lowest BCUT2D eigenvalue weighted by atomic mass is 10.0. The Hall–Kier alpha value is -1.44. The lowest BCUT2D eigenvalue weighted by Gasteiger charge is -2.16. The molecule has 2 nitrogen and oxygen atoms in total. The molecule has 0 fully saturated rings. The molecular formula is C10H5ClF6O2. The maximum Gasteiger partial charge on any atom is 0.417 e. The Bertz CT molecular complexity index is 506. The largest absolute Gasteiger partial charge is 0.481 e. The molecule has 0 aliphatic heterocycles. The van der Waals surface area contributed by atoms with E-state index in [2.05, 4.69) is 0 Å². The van der Waals surface area contributed by atoms with Crippen molar-refractivity contribution in [3.63, 3.8) is 0 Å². The molecule has 0 radical (unpaired) electrons. The van der Waals surface area contributed by atoms with Crippen LogP contribution in [0.15, 0.2) is 12.1 Å². The first-order valence-electron chi connectivity index (χ1n) is 4.61. The zero-order chi connectivity index (χ0) is 15.0. The number of carboxylic acid groups (broad SMARTS) is 1.